The fourth-order valence-corrected chi connectivity index (χ4v) is 7.38. The van der Waals surface area contributed by atoms with E-state index in [-0.39, 0.29) is 0 Å². The van der Waals surface area contributed by atoms with E-state index in [1.165, 1.54) is 20.2 Å². The van der Waals surface area contributed by atoms with E-state index in [2.05, 4.69) is 137 Å². The molecule has 0 unspecified atom stereocenters. The maximum atomic E-state index is 6.22. The minimum absolute atomic E-state index is 0.886. The summed E-state index contributed by atoms with van der Waals surface area (Å²) >= 11 is 1.85. The van der Waals surface area contributed by atoms with Crippen LogP contribution in [0.15, 0.2) is 150 Å². The zero-order valence-corrected chi connectivity index (χ0v) is 23.9. The lowest BCUT2D eigenvalue weighted by Crippen LogP contribution is -2.09. The van der Waals surface area contributed by atoms with Crippen molar-refractivity contribution >= 4 is 81.3 Å². The fourth-order valence-electron chi connectivity index (χ4n) is 6.30. The predicted molar refractivity (Wildman–Crippen MR) is 182 cm³/mol. The summed E-state index contributed by atoms with van der Waals surface area (Å²) in [5.74, 6) is 0. The zero-order valence-electron chi connectivity index (χ0n) is 23.1. The van der Waals surface area contributed by atoms with E-state index >= 15 is 0 Å². The largest absolute Gasteiger partial charge is 0.456 e. The van der Waals surface area contributed by atoms with E-state index in [9.17, 15) is 0 Å². The number of furan rings is 1. The van der Waals surface area contributed by atoms with Crippen molar-refractivity contribution in [3.05, 3.63) is 146 Å². The van der Waals surface area contributed by atoms with Crippen molar-refractivity contribution in [3.63, 3.8) is 0 Å². The lowest BCUT2D eigenvalue weighted by Gasteiger charge is -2.25. The molecule has 0 aliphatic heterocycles. The first-order valence-corrected chi connectivity index (χ1v) is 15.2. The van der Waals surface area contributed by atoms with Crippen molar-refractivity contribution in [2.75, 3.05) is 4.90 Å². The summed E-state index contributed by atoms with van der Waals surface area (Å²) in [5, 5.41) is 7.09. The Bertz CT molecular complexity index is 2460. The molecule has 0 spiro atoms. The van der Waals surface area contributed by atoms with Crippen LogP contribution in [0.25, 0.3) is 64.0 Å². The highest BCUT2D eigenvalue weighted by atomic mass is 32.1. The SMILES string of the molecule is c1ccc(N(c2ccc(-c3ccc4oc5ccc6ccncc6c5c4c3)cc2)c2ccc3sc4ccccc4c3c2)cc1. The summed E-state index contributed by atoms with van der Waals surface area (Å²) in [6.07, 6.45) is 3.77. The topological polar surface area (TPSA) is 29.3 Å². The third-order valence-electron chi connectivity index (χ3n) is 8.35. The van der Waals surface area contributed by atoms with Crippen LogP contribution in [-0.4, -0.2) is 4.98 Å². The summed E-state index contributed by atoms with van der Waals surface area (Å²) in [6.45, 7) is 0. The first-order valence-electron chi connectivity index (χ1n) is 14.4. The number of fused-ring (bicyclic) bond motifs is 8. The molecule has 0 aliphatic carbocycles. The third kappa shape index (κ3) is 3.92. The molecule has 3 heterocycles. The standard InChI is InChI=1S/C39H24N2OS/c1-2-6-28(7-3-1)41(30-16-19-38-32(23-30)31-8-4-5-9-37(31)43-38)29-14-10-25(11-15-29)27-13-17-35-33(22-27)39-34-24-40-21-20-26(34)12-18-36(39)42-35/h1-24H. The van der Waals surface area contributed by atoms with Crippen LogP contribution < -0.4 is 4.90 Å². The van der Waals surface area contributed by atoms with Crippen LogP contribution in [0, 0.1) is 0 Å². The summed E-state index contributed by atoms with van der Waals surface area (Å²) in [6, 6.07) is 47.6. The van der Waals surface area contributed by atoms with Gasteiger partial charge in [0.2, 0.25) is 0 Å². The highest BCUT2D eigenvalue weighted by Gasteiger charge is 2.16. The molecule has 0 atom stereocenters. The predicted octanol–water partition coefficient (Wildman–Crippen LogP) is 11.6. The van der Waals surface area contributed by atoms with Crippen LogP contribution in [0.2, 0.25) is 0 Å². The molecule has 0 N–H and O–H groups in total. The normalized spacial score (nSPS) is 11.7. The molecule has 202 valence electrons. The number of thiophene rings is 1. The van der Waals surface area contributed by atoms with Gasteiger partial charge < -0.3 is 9.32 Å². The van der Waals surface area contributed by atoms with Crippen LogP contribution in [0.4, 0.5) is 17.1 Å². The second kappa shape index (κ2) is 9.55. The quantitative estimate of drug-likeness (QED) is 0.211. The summed E-state index contributed by atoms with van der Waals surface area (Å²) in [7, 11) is 0. The van der Waals surface area contributed by atoms with Gasteiger partial charge in [0.1, 0.15) is 11.2 Å². The minimum Gasteiger partial charge on any atom is -0.456 e. The van der Waals surface area contributed by atoms with Crippen LogP contribution in [0.3, 0.4) is 0 Å². The molecular weight excluding hydrogens is 545 g/mol. The molecular formula is C39H24N2OS. The van der Waals surface area contributed by atoms with E-state index in [1.54, 1.807) is 0 Å². The number of benzene rings is 6. The van der Waals surface area contributed by atoms with E-state index < -0.39 is 0 Å². The molecule has 0 radical (unpaired) electrons. The Hall–Kier alpha value is -5.45. The molecule has 3 aromatic heterocycles. The van der Waals surface area contributed by atoms with Gasteiger partial charge in [0.05, 0.1) is 0 Å². The monoisotopic (exact) mass is 568 g/mol. The Labute approximate surface area is 251 Å². The lowest BCUT2D eigenvalue weighted by atomic mass is 10.0. The van der Waals surface area contributed by atoms with Gasteiger partial charge >= 0.3 is 0 Å². The van der Waals surface area contributed by atoms with Gasteiger partial charge in [-0.1, -0.05) is 60.7 Å². The van der Waals surface area contributed by atoms with Gasteiger partial charge in [0.15, 0.2) is 0 Å². The van der Waals surface area contributed by atoms with Crippen LogP contribution in [-0.2, 0) is 0 Å². The van der Waals surface area contributed by atoms with Crippen LogP contribution in [0.5, 0.6) is 0 Å². The van der Waals surface area contributed by atoms with Gasteiger partial charge in [-0.15, -0.1) is 11.3 Å². The number of hydrogen-bond acceptors (Lipinski definition) is 4. The smallest absolute Gasteiger partial charge is 0.136 e. The average molecular weight is 569 g/mol. The van der Waals surface area contributed by atoms with Gasteiger partial charge in [-0.25, -0.2) is 0 Å². The van der Waals surface area contributed by atoms with Gasteiger partial charge in [0.25, 0.3) is 0 Å². The number of pyridine rings is 1. The Morgan fingerprint density at radius 2 is 1.26 bits per heavy atom. The maximum absolute atomic E-state index is 6.22. The third-order valence-corrected chi connectivity index (χ3v) is 9.50. The van der Waals surface area contributed by atoms with Crippen LogP contribution >= 0.6 is 11.3 Å². The second-order valence-electron chi connectivity index (χ2n) is 10.8. The molecule has 0 aliphatic rings. The lowest BCUT2D eigenvalue weighted by molar-refractivity contribution is 0.669. The highest BCUT2D eigenvalue weighted by molar-refractivity contribution is 7.25. The number of aromatic nitrogens is 1. The Kier molecular flexibility index (Phi) is 5.37. The minimum atomic E-state index is 0.886. The molecule has 3 nitrogen and oxygen atoms in total. The molecule has 0 amide bonds. The molecule has 6 aromatic carbocycles. The van der Waals surface area contributed by atoms with Gasteiger partial charge in [-0.2, -0.15) is 0 Å². The zero-order chi connectivity index (χ0) is 28.3. The first kappa shape index (κ1) is 24.2. The molecule has 9 rings (SSSR count). The average Bonchev–Trinajstić information content (AvgIpc) is 3.64. The van der Waals surface area contributed by atoms with Gasteiger partial charge in [-0.05, 0) is 89.3 Å². The van der Waals surface area contributed by atoms with Gasteiger partial charge in [0, 0.05) is 65.8 Å². The maximum Gasteiger partial charge on any atom is 0.136 e. The molecule has 0 fully saturated rings. The van der Waals surface area contributed by atoms with Crippen molar-refractivity contribution in [2.45, 2.75) is 0 Å². The van der Waals surface area contributed by atoms with E-state index in [0.29, 0.717) is 0 Å². The molecule has 0 saturated heterocycles. The number of anilines is 3. The Morgan fingerprint density at radius 1 is 0.512 bits per heavy atom. The summed E-state index contributed by atoms with van der Waals surface area (Å²) in [5.41, 5.74) is 7.46. The molecule has 0 saturated carbocycles. The molecule has 9 aromatic rings. The Balaban J connectivity index is 1.16. The summed E-state index contributed by atoms with van der Waals surface area (Å²) in [4.78, 5) is 6.72. The molecule has 0 bridgehead atoms. The summed E-state index contributed by atoms with van der Waals surface area (Å²) < 4.78 is 8.84. The van der Waals surface area contributed by atoms with Crippen molar-refractivity contribution < 1.29 is 4.42 Å². The number of para-hydroxylation sites is 1. The number of hydrogen-bond donors (Lipinski definition) is 0. The van der Waals surface area contributed by atoms with Gasteiger partial charge in [-0.3, -0.25) is 4.98 Å². The van der Waals surface area contributed by atoms with Crippen molar-refractivity contribution in [2.24, 2.45) is 0 Å². The van der Waals surface area contributed by atoms with Crippen LogP contribution in [0.1, 0.15) is 0 Å². The number of nitrogens with zero attached hydrogens (tertiary/aromatic N) is 2. The number of rotatable bonds is 4. The Morgan fingerprint density at radius 3 is 2.16 bits per heavy atom. The second-order valence-corrected chi connectivity index (χ2v) is 11.9. The fraction of sp³-hybridized carbons (Fsp3) is 0. The van der Waals surface area contributed by atoms with Crippen molar-refractivity contribution in [1.29, 1.82) is 0 Å². The van der Waals surface area contributed by atoms with E-state index in [1.807, 2.05) is 29.8 Å². The van der Waals surface area contributed by atoms with E-state index in [0.717, 1.165) is 60.9 Å². The van der Waals surface area contributed by atoms with E-state index in [4.69, 9.17) is 4.42 Å². The first-order chi connectivity index (χ1) is 21.3. The van der Waals surface area contributed by atoms with Crippen molar-refractivity contribution in [3.8, 4) is 11.1 Å². The molecule has 4 heteroatoms. The van der Waals surface area contributed by atoms with Crippen molar-refractivity contribution in [1.82, 2.24) is 4.98 Å². The highest BCUT2D eigenvalue weighted by Crippen LogP contribution is 2.41. The molecule has 43 heavy (non-hydrogen) atoms.